The zero-order valence-electron chi connectivity index (χ0n) is 8.84. The van der Waals surface area contributed by atoms with E-state index < -0.39 is 0 Å². The molecule has 0 aromatic carbocycles. The quantitative estimate of drug-likeness (QED) is 0.435. The Labute approximate surface area is 94.9 Å². The van der Waals surface area contributed by atoms with Gasteiger partial charge in [0.1, 0.15) is 0 Å². The van der Waals surface area contributed by atoms with Gasteiger partial charge in [0.05, 0.1) is 6.04 Å². The molecule has 0 saturated carbocycles. The van der Waals surface area contributed by atoms with Crippen molar-refractivity contribution < 1.29 is 9.53 Å². The summed E-state index contributed by atoms with van der Waals surface area (Å²) in [7, 11) is 1.67. The third-order valence-corrected chi connectivity index (χ3v) is 2.39. The summed E-state index contributed by atoms with van der Waals surface area (Å²) in [5.74, 6) is 0.0784. The van der Waals surface area contributed by atoms with E-state index in [1.54, 1.807) is 7.11 Å². The lowest BCUT2D eigenvalue weighted by atomic mass is 10.3. The van der Waals surface area contributed by atoms with Gasteiger partial charge in [-0.25, -0.2) is 0 Å². The Hall–Kier alpha value is -0.880. The summed E-state index contributed by atoms with van der Waals surface area (Å²) >= 11 is 5.08. The number of ether oxygens (including phenoxy) is 1. The average molecular weight is 231 g/mol. The van der Waals surface area contributed by atoms with E-state index in [9.17, 15) is 4.79 Å². The van der Waals surface area contributed by atoms with Crippen LogP contribution in [0.4, 0.5) is 0 Å². The van der Waals surface area contributed by atoms with Crippen LogP contribution in [0.5, 0.6) is 0 Å². The molecule has 1 fully saturated rings. The molecule has 0 aromatic heterocycles. The molecule has 1 atom stereocenters. The zero-order chi connectivity index (χ0) is 11.1. The van der Waals surface area contributed by atoms with Crippen LogP contribution in [-0.4, -0.2) is 43.9 Å². The molecule has 0 radical (unpaired) electrons. The van der Waals surface area contributed by atoms with Gasteiger partial charge in [0.25, 0.3) is 0 Å². The van der Waals surface area contributed by atoms with Crippen LogP contribution in [0.3, 0.4) is 0 Å². The first-order valence-corrected chi connectivity index (χ1v) is 5.43. The second kappa shape index (κ2) is 6.58. The van der Waals surface area contributed by atoms with Gasteiger partial charge in [-0.1, -0.05) is 0 Å². The molecule has 5 nitrogen and oxygen atoms in total. The van der Waals surface area contributed by atoms with Gasteiger partial charge in [0, 0.05) is 33.2 Å². The second-order valence-corrected chi connectivity index (χ2v) is 3.86. The molecule has 86 valence electrons. The van der Waals surface area contributed by atoms with Crippen LogP contribution in [0.1, 0.15) is 12.8 Å². The maximum atomic E-state index is 10.9. The van der Waals surface area contributed by atoms with Gasteiger partial charge in [-0.3, -0.25) is 4.79 Å². The van der Waals surface area contributed by atoms with E-state index in [2.05, 4.69) is 16.0 Å². The monoisotopic (exact) mass is 231 g/mol. The highest BCUT2D eigenvalue weighted by atomic mass is 32.1. The summed E-state index contributed by atoms with van der Waals surface area (Å²) in [4.78, 5) is 10.9. The fraction of sp³-hybridized carbons (Fsp3) is 0.778. The Balaban J connectivity index is 2.05. The molecule has 1 heterocycles. The molecular weight excluding hydrogens is 214 g/mol. The number of carbonyl (C=O) groups is 1. The number of thiocarbonyl (C=S) groups is 1. The number of rotatable bonds is 5. The van der Waals surface area contributed by atoms with Crippen LogP contribution < -0.4 is 16.0 Å². The third-order valence-electron chi connectivity index (χ3n) is 2.12. The van der Waals surface area contributed by atoms with Gasteiger partial charge in [0.15, 0.2) is 5.11 Å². The predicted molar refractivity (Wildman–Crippen MR) is 61.6 cm³/mol. The lowest BCUT2D eigenvalue weighted by Gasteiger charge is -2.14. The molecule has 0 aliphatic carbocycles. The van der Waals surface area contributed by atoms with E-state index in [0.717, 1.165) is 19.6 Å². The van der Waals surface area contributed by atoms with E-state index in [4.69, 9.17) is 17.0 Å². The van der Waals surface area contributed by atoms with Crippen molar-refractivity contribution in [1.82, 2.24) is 16.0 Å². The molecule has 0 aromatic rings. The van der Waals surface area contributed by atoms with E-state index in [1.165, 1.54) is 0 Å². The minimum absolute atomic E-state index is 0.0784. The topological polar surface area (TPSA) is 62.4 Å². The number of hydrogen-bond donors (Lipinski definition) is 3. The fourth-order valence-corrected chi connectivity index (χ4v) is 1.63. The van der Waals surface area contributed by atoms with Crippen molar-refractivity contribution in [2.24, 2.45) is 0 Å². The van der Waals surface area contributed by atoms with Crippen LogP contribution >= 0.6 is 12.2 Å². The molecule has 1 amide bonds. The third kappa shape index (κ3) is 4.94. The molecule has 1 unspecified atom stereocenters. The molecular formula is C9H17N3O2S. The predicted octanol–water partition coefficient (Wildman–Crippen LogP) is -0.624. The second-order valence-electron chi connectivity index (χ2n) is 3.45. The largest absolute Gasteiger partial charge is 0.385 e. The van der Waals surface area contributed by atoms with E-state index in [0.29, 0.717) is 18.1 Å². The number of nitrogens with one attached hydrogen (secondary N) is 3. The van der Waals surface area contributed by atoms with Crippen molar-refractivity contribution in [3.05, 3.63) is 0 Å². The summed E-state index contributed by atoms with van der Waals surface area (Å²) in [5.41, 5.74) is 0. The number of amides is 1. The fourth-order valence-electron chi connectivity index (χ4n) is 1.36. The van der Waals surface area contributed by atoms with Crippen molar-refractivity contribution in [3.63, 3.8) is 0 Å². The van der Waals surface area contributed by atoms with Crippen molar-refractivity contribution in [2.75, 3.05) is 26.8 Å². The normalized spacial score (nSPS) is 19.8. The summed E-state index contributed by atoms with van der Waals surface area (Å²) in [6, 6.07) is 0.125. The van der Waals surface area contributed by atoms with Gasteiger partial charge < -0.3 is 20.7 Å². The molecule has 6 heteroatoms. The summed E-state index contributed by atoms with van der Waals surface area (Å²) in [6.07, 6.45) is 1.42. The molecule has 15 heavy (non-hydrogen) atoms. The Morgan fingerprint density at radius 3 is 3.13 bits per heavy atom. The standard InChI is InChI=1S/C9H17N3O2S/c1-14-4-2-3-10-9(15)12-7-5-8(13)11-6-7/h7H,2-6H2,1H3,(H,11,13)(H2,10,12,15). The minimum Gasteiger partial charge on any atom is -0.385 e. The van der Waals surface area contributed by atoms with Crippen LogP contribution in [0.2, 0.25) is 0 Å². The smallest absolute Gasteiger partial charge is 0.222 e. The summed E-state index contributed by atoms with van der Waals surface area (Å²) in [5, 5.41) is 9.49. The maximum absolute atomic E-state index is 10.9. The Bertz CT molecular complexity index is 235. The van der Waals surface area contributed by atoms with Crippen molar-refractivity contribution in [1.29, 1.82) is 0 Å². The first-order chi connectivity index (χ1) is 7.22. The van der Waals surface area contributed by atoms with E-state index >= 15 is 0 Å². The van der Waals surface area contributed by atoms with Crippen LogP contribution in [0, 0.1) is 0 Å². The molecule has 1 aliphatic rings. The SMILES string of the molecule is COCCCNC(=S)NC1CNC(=O)C1. The van der Waals surface area contributed by atoms with Crippen LogP contribution in [-0.2, 0) is 9.53 Å². The molecule has 1 saturated heterocycles. The van der Waals surface area contributed by atoms with E-state index in [1.807, 2.05) is 0 Å². The summed E-state index contributed by atoms with van der Waals surface area (Å²) in [6.45, 7) is 2.16. The highest BCUT2D eigenvalue weighted by Gasteiger charge is 2.21. The minimum atomic E-state index is 0.0784. The van der Waals surface area contributed by atoms with Gasteiger partial charge >= 0.3 is 0 Å². The van der Waals surface area contributed by atoms with E-state index in [-0.39, 0.29) is 11.9 Å². The highest BCUT2D eigenvalue weighted by molar-refractivity contribution is 7.80. The molecule has 1 aliphatic heterocycles. The Kier molecular flexibility index (Phi) is 5.34. The number of hydrogen-bond acceptors (Lipinski definition) is 3. The van der Waals surface area contributed by atoms with Crippen molar-refractivity contribution >= 4 is 23.2 Å². The lowest BCUT2D eigenvalue weighted by molar-refractivity contribution is -0.119. The first kappa shape index (κ1) is 12.2. The molecule has 0 spiro atoms. The number of methoxy groups -OCH3 is 1. The lowest BCUT2D eigenvalue weighted by Crippen LogP contribution is -2.43. The molecule has 1 rings (SSSR count). The summed E-state index contributed by atoms with van der Waals surface area (Å²) < 4.78 is 4.91. The first-order valence-electron chi connectivity index (χ1n) is 5.02. The van der Waals surface area contributed by atoms with Crippen molar-refractivity contribution in [3.8, 4) is 0 Å². The average Bonchev–Trinajstić information content (AvgIpc) is 2.59. The Morgan fingerprint density at radius 1 is 1.73 bits per heavy atom. The van der Waals surface area contributed by atoms with Gasteiger partial charge in [0.2, 0.25) is 5.91 Å². The van der Waals surface area contributed by atoms with Crippen molar-refractivity contribution in [2.45, 2.75) is 18.9 Å². The van der Waals surface area contributed by atoms with Gasteiger partial charge in [-0.15, -0.1) is 0 Å². The van der Waals surface area contributed by atoms with Crippen LogP contribution in [0.25, 0.3) is 0 Å². The van der Waals surface area contributed by atoms with Crippen LogP contribution in [0.15, 0.2) is 0 Å². The Morgan fingerprint density at radius 2 is 2.53 bits per heavy atom. The molecule has 0 bridgehead atoms. The van der Waals surface area contributed by atoms with Gasteiger partial charge in [-0.2, -0.15) is 0 Å². The maximum Gasteiger partial charge on any atom is 0.222 e. The van der Waals surface area contributed by atoms with Gasteiger partial charge in [-0.05, 0) is 18.6 Å². The number of carbonyl (C=O) groups excluding carboxylic acids is 1. The molecule has 3 N–H and O–H groups in total. The zero-order valence-corrected chi connectivity index (χ0v) is 9.65. The highest BCUT2D eigenvalue weighted by Crippen LogP contribution is 1.98.